The molecule has 1 saturated heterocycles. The Morgan fingerprint density at radius 1 is 1.02 bits per heavy atom. The van der Waals surface area contributed by atoms with Gasteiger partial charge in [0.1, 0.15) is 23.7 Å². The molecule has 5 fully saturated rings. The number of Topliss-reactive ketones (excluding diaryl/α,β-unsaturated/α-hetero) is 1. The zero-order chi connectivity index (χ0) is 43.6. The number of fused-ring (bicyclic) bond motifs is 9. The van der Waals surface area contributed by atoms with Crippen LogP contribution in [0.3, 0.4) is 0 Å². The largest absolute Gasteiger partial charge is 0.497 e. The minimum atomic E-state index is -4.10. The highest BCUT2D eigenvalue weighted by Crippen LogP contribution is 2.59. The van der Waals surface area contributed by atoms with Gasteiger partial charge in [0.2, 0.25) is 34.1 Å². The summed E-state index contributed by atoms with van der Waals surface area (Å²) in [4.78, 5) is 69.1. The molecule has 10 atom stereocenters. The lowest BCUT2D eigenvalue weighted by Crippen LogP contribution is -2.50. The highest BCUT2D eigenvalue weighted by Gasteiger charge is 2.66. The molecule has 16 heteroatoms. The highest BCUT2D eigenvalue weighted by atomic mass is 32.2. The van der Waals surface area contributed by atoms with E-state index < -0.39 is 92.4 Å². The third kappa shape index (κ3) is 8.59. The van der Waals surface area contributed by atoms with Crippen LogP contribution in [0.15, 0.2) is 18.2 Å². The van der Waals surface area contributed by atoms with Crippen LogP contribution in [0.5, 0.6) is 11.6 Å². The number of sulfonamides is 1. The average Bonchev–Trinajstić information content (AvgIpc) is 4.08. The van der Waals surface area contributed by atoms with Gasteiger partial charge in [0, 0.05) is 24.3 Å². The standard InChI is InChI=1S/C45H60F2N4O9S/c1-6-28-36-23-51(38(28)35(52)22-45(21-31(45)40(46)47)43(55)50-61(56,57)27-15-16-27)42(54)30(44(2,3)4)20-37(53)60-39-25-13-12-24(18-25)29(39)10-8-7-9-11-33-41(59-36)49-34-19-26(58-5)14-17-32(34)48-33/h14,17,19,24-25,27-31,36,38-40H,6-13,15-16,18,20-23H2,1-5H3,(H,50,55)/t24-,25+,28-,29-,30-,31+,36+,38+,39?,45-/m1/s1. The quantitative estimate of drug-likeness (QED) is 0.270. The van der Waals surface area contributed by atoms with Crippen molar-refractivity contribution in [3.63, 3.8) is 0 Å². The molecule has 8 rings (SSSR count). The molecular formula is C45H60F2N4O9S. The Kier molecular flexibility index (Phi) is 11.9. The van der Waals surface area contributed by atoms with Crippen LogP contribution in [0.1, 0.15) is 117 Å². The lowest BCUT2D eigenvalue weighted by Gasteiger charge is -2.36. The van der Waals surface area contributed by atoms with Gasteiger partial charge >= 0.3 is 5.97 Å². The van der Waals surface area contributed by atoms with Gasteiger partial charge in [-0.2, -0.15) is 0 Å². The number of esters is 1. The molecule has 6 aliphatic rings. The van der Waals surface area contributed by atoms with Gasteiger partial charge in [0.25, 0.3) is 0 Å². The molecule has 0 spiro atoms. The third-order valence-corrected chi connectivity index (χ3v) is 16.7. The number of nitrogens with one attached hydrogen (secondary N) is 1. The molecule has 1 N–H and O–H groups in total. The summed E-state index contributed by atoms with van der Waals surface area (Å²) in [6, 6.07) is 4.17. The van der Waals surface area contributed by atoms with E-state index in [0.29, 0.717) is 54.1 Å². The average molecular weight is 871 g/mol. The number of ketones is 1. The van der Waals surface area contributed by atoms with E-state index in [2.05, 4.69) is 0 Å². The number of rotatable bonds is 9. The second-order valence-electron chi connectivity index (χ2n) is 19.8. The molecule has 334 valence electrons. The molecule has 1 unspecified atom stereocenters. The summed E-state index contributed by atoms with van der Waals surface area (Å²) in [5.74, 6) is -4.00. The van der Waals surface area contributed by atoms with Crippen LogP contribution in [0.4, 0.5) is 8.78 Å². The fourth-order valence-electron chi connectivity index (χ4n) is 11.1. The smallest absolute Gasteiger partial charge is 0.306 e. The van der Waals surface area contributed by atoms with Gasteiger partial charge in [-0.25, -0.2) is 27.2 Å². The number of aromatic nitrogens is 2. The molecule has 4 bridgehead atoms. The van der Waals surface area contributed by atoms with Crippen molar-refractivity contribution in [3.8, 4) is 11.6 Å². The highest BCUT2D eigenvalue weighted by molar-refractivity contribution is 7.90. The van der Waals surface area contributed by atoms with Crippen LogP contribution in [-0.4, -0.2) is 90.4 Å². The van der Waals surface area contributed by atoms with Gasteiger partial charge < -0.3 is 19.1 Å². The number of methoxy groups -OCH3 is 1. The Labute approximate surface area is 356 Å². The predicted molar refractivity (Wildman–Crippen MR) is 220 cm³/mol. The summed E-state index contributed by atoms with van der Waals surface area (Å²) in [5, 5.41) is -0.781. The van der Waals surface area contributed by atoms with Crippen molar-refractivity contribution in [2.24, 2.45) is 46.3 Å². The van der Waals surface area contributed by atoms with E-state index in [1.165, 1.54) is 4.90 Å². The maximum absolute atomic E-state index is 15.2. The number of halogens is 2. The van der Waals surface area contributed by atoms with E-state index in [9.17, 15) is 31.6 Å². The van der Waals surface area contributed by atoms with Gasteiger partial charge in [-0.05, 0) is 99.5 Å². The maximum atomic E-state index is 15.2. The van der Waals surface area contributed by atoms with E-state index in [1.54, 1.807) is 13.2 Å². The monoisotopic (exact) mass is 870 g/mol. The number of carbonyl (C=O) groups is 4. The van der Waals surface area contributed by atoms with Crippen molar-refractivity contribution in [1.82, 2.24) is 19.6 Å². The van der Waals surface area contributed by atoms with Crippen molar-refractivity contribution < 1.29 is 50.6 Å². The normalized spacial score (nSPS) is 33.3. The Morgan fingerprint density at radius 2 is 1.77 bits per heavy atom. The number of ether oxygens (including phenoxy) is 3. The molecule has 4 aliphatic carbocycles. The van der Waals surface area contributed by atoms with Crippen molar-refractivity contribution >= 4 is 44.6 Å². The van der Waals surface area contributed by atoms with Crippen LogP contribution in [0.2, 0.25) is 0 Å². The molecule has 0 radical (unpaired) electrons. The van der Waals surface area contributed by atoms with E-state index in [-0.39, 0.29) is 43.2 Å². The second kappa shape index (κ2) is 16.6. The molecular weight excluding hydrogens is 811 g/mol. The van der Waals surface area contributed by atoms with Crippen LogP contribution in [0.25, 0.3) is 11.0 Å². The molecule has 3 heterocycles. The molecule has 4 saturated carbocycles. The Hall–Kier alpha value is -3.95. The number of hydrogen-bond acceptors (Lipinski definition) is 11. The summed E-state index contributed by atoms with van der Waals surface area (Å²) in [7, 11) is -2.55. The number of alkyl halides is 2. The van der Waals surface area contributed by atoms with Gasteiger partial charge in [0.15, 0.2) is 5.78 Å². The summed E-state index contributed by atoms with van der Waals surface area (Å²) >= 11 is 0. The molecule has 2 aliphatic heterocycles. The Morgan fingerprint density at radius 3 is 2.44 bits per heavy atom. The lowest BCUT2D eigenvalue weighted by molar-refractivity contribution is -0.161. The minimum Gasteiger partial charge on any atom is -0.497 e. The van der Waals surface area contributed by atoms with Crippen molar-refractivity contribution in [1.29, 1.82) is 0 Å². The molecule has 13 nitrogen and oxygen atoms in total. The maximum Gasteiger partial charge on any atom is 0.306 e. The first kappa shape index (κ1) is 43.7. The zero-order valence-corrected chi connectivity index (χ0v) is 36.7. The fraction of sp³-hybridized carbons (Fsp3) is 0.733. The number of aryl methyl sites for hydroxylation is 1. The number of hydrogen-bond donors (Lipinski definition) is 1. The molecule has 2 aromatic rings. The summed E-state index contributed by atoms with van der Waals surface area (Å²) in [5.41, 5.74) is -0.928. The Bertz CT molecular complexity index is 2160. The van der Waals surface area contributed by atoms with E-state index >= 15 is 4.79 Å². The summed E-state index contributed by atoms with van der Waals surface area (Å²) in [6.07, 6.45) is 3.03. The molecule has 2 amide bonds. The summed E-state index contributed by atoms with van der Waals surface area (Å²) in [6.45, 7) is 7.33. The minimum absolute atomic E-state index is 0.0887. The fourth-order valence-corrected chi connectivity index (χ4v) is 12.5. The van der Waals surface area contributed by atoms with Gasteiger partial charge in [-0.15, -0.1) is 0 Å². The van der Waals surface area contributed by atoms with Gasteiger partial charge in [0.05, 0.1) is 53.7 Å². The first-order chi connectivity index (χ1) is 28.9. The first-order valence-corrected chi connectivity index (χ1v) is 23.9. The first-order valence-electron chi connectivity index (χ1n) is 22.3. The van der Waals surface area contributed by atoms with Gasteiger partial charge in [-0.3, -0.25) is 23.9 Å². The van der Waals surface area contributed by atoms with Crippen molar-refractivity contribution in [2.75, 3.05) is 13.7 Å². The van der Waals surface area contributed by atoms with E-state index in [0.717, 1.165) is 44.9 Å². The lowest BCUT2D eigenvalue weighted by atomic mass is 9.77. The van der Waals surface area contributed by atoms with Crippen LogP contribution < -0.4 is 14.2 Å². The van der Waals surface area contributed by atoms with Crippen LogP contribution in [0, 0.1) is 46.3 Å². The zero-order valence-electron chi connectivity index (χ0n) is 35.9. The number of nitrogens with zero attached hydrogens (tertiary/aromatic N) is 3. The number of amides is 2. The third-order valence-electron chi connectivity index (χ3n) is 14.9. The number of carbonyl (C=O) groups excluding carboxylic acids is 4. The van der Waals surface area contributed by atoms with Crippen molar-refractivity contribution in [2.45, 2.75) is 148 Å². The van der Waals surface area contributed by atoms with Crippen LogP contribution >= 0.6 is 0 Å². The SMILES string of the molecule is CC[C@@H]1[C@@H]2CN(C(=O)[C@H](C(C)(C)C)CC(=O)OC3[C@H]4CC[C@H](C4)[C@H]3CCCCCc3nc4ccc(OC)cc4nc3O2)[C@@H]1C(=O)C[C@]1(C(=O)NS(=O)(=O)C2CC2)C[C@H]1C(F)F. The predicted octanol–water partition coefficient (Wildman–Crippen LogP) is 6.59. The number of benzene rings is 1. The van der Waals surface area contributed by atoms with Crippen molar-refractivity contribution in [3.05, 3.63) is 23.9 Å². The summed E-state index contributed by atoms with van der Waals surface area (Å²) < 4.78 is 75.2. The Balaban J connectivity index is 1.17. The van der Waals surface area contributed by atoms with Gasteiger partial charge in [-0.1, -0.05) is 40.5 Å². The molecule has 61 heavy (non-hydrogen) atoms. The molecule has 1 aromatic carbocycles. The van der Waals surface area contributed by atoms with E-state index in [4.69, 9.17) is 24.2 Å². The molecule has 1 aromatic heterocycles. The van der Waals surface area contributed by atoms with E-state index in [1.807, 2.05) is 44.5 Å². The second-order valence-corrected chi connectivity index (χ2v) is 21.7. The topological polar surface area (TPSA) is 171 Å². The van der Waals surface area contributed by atoms with Crippen LogP contribution in [-0.2, 0) is 40.4 Å².